The zero-order chi connectivity index (χ0) is 20.3. The van der Waals surface area contributed by atoms with Crippen LogP contribution in [0.5, 0.6) is 0 Å². The zero-order valence-corrected chi connectivity index (χ0v) is 17.0. The van der Waals surface area contributed by atoms with Gasteiger partial charge >= 0.3 is 0 Å². The summed E-state index contributed by atoms with van der Waals surface area (Å²) in [6.45, 7) is 2.48. The summed E-state index contributed by atoms with van der Waals surface area (Å²) in [6.07, 6.45) is 9.77. The number of benzene rings is 1. The lowest BCUT2D eigenvalue weighted by molar-refractivity contribution is 0.0303. The molecule has 1 aliphatic carbocycles. The van der Waals surface area contributed by atoms with Crippen LogP contribution in [0, 0.1) is 0 Å². The number of nitrogens with one attached hydrogen (secondary N) is 1. The molecule has 0 atom stereocenters. The highest BCUT2D eigenvalue weighted by Crippen LogP contribution is 2.30. The summed E-state index contributed by atoms with van der Waals surface area (Å²) in [5.74, 6) is 0.575. The number of morpholine rings is 1. The molecule has 3 heterocycles. The Morgan fingerprint density at radius 1 is 1.03 bits per heavy atom. The topological polar surface area (TPSA) is 85.2 Å². The number of aromatic nitrogens is 4. The van der Waals surface area contributed by atoms with E-state index in [1.807, 2.05) is 41.6 Å². The third-order valence-electron chi connectivity index (χ3n) is 5.94. The van der Waals surface area contributed by atoms with E-state index in [2.05, 4.69) is 20.1 Å². The Labute approximate surface area is 175 Å². The maximum atomic E-state index is 12.6. The molecule has 1 aromatic carbocycles. The molecule has 3 aromatic rings. The molecule has 0 unspecified atom stereocenters. The summed E-state index contributed by atoms with van der Waals surface area (Å²) in [7, 11) is 0. The summed E-state index contributed by atoms with van der Waals surface area (Å²) >= 11 is 0. The van der Waals surface area contributed by atoms with Gasteiger partial charge in [-0.3, -0.25) is 4.79 Å². The number of nitrogens with zero attached hydrogens (tertiary/aromatic N) is 5. The fourth-order valence-corrected chi connectivity index (χ4v) is 4.26. The van der Waals surface area contributed by atoms with Crippen molar-refractivity contribution in [3.05, 3.63) is 42.2 Å². The minimum atomic E-state index is 0.0407. The van der Waals surface area contributed by atoms with Crippen LogP contribution in [-0.4, -0.2) is 56.9 Å². The van der Waals surface area contributed by atoms with Crippen molar-refractivity contribution in [1.29, 1.82) is 0 Å². The van der Waals surface area contributed by atoms with Crippen molar-refractivity contribution in [2.24, 2.45) is 0 Å². The van der Waals surface area contributed by atoms with E-state index in [0.29, 0.717) is 43.9 Å². The van der Waals surface area contributed by atoms with Crippen LogP contribution in [0.3, 0.4) is 0 Å². The Hall–Kier alpha value is -3.00. The second-order valence-electron chi connectivity index (χ2n) is 7.96. The van der Waals surface area contributed by atoms with Crippen molar-refractivity contribution < 1.29 is 9.53 Å². The van der Waals surface area contributed by atoms with E-state index in [9.17, 15) is 4.79 Å². The molecular weight excluding hydrogens is 380 g/mol. The average Bonchev–Trinajstić information content (AvgIpc) is 3.24. The van der Waals surface area contributed by atoms with E-state index in [1.54, 1.807) is 0 Å². The standard InChI is InChI=1S/C22H26N6O2/c29-21(27-10-12-30-13-11-27)16-6-8-18(9-7-16)25-22-23-14-17-15-24-28(20(17)26-22)19-4-2-1-3-5-19/h6-9,14-15,19H,1-5,10-13H2,(H,23,25,26). The van der Waals surface area contributed by atoms with E-state index in [-0.39, 0.29) is 5.91 Å². The van der Waals surface area contributed by atoms with Gasteiger partial charge in [-0.25, -0.2) is 9.67 Å². The second kappa shape index (κ2) is 8.39. The average molecular weight is 406 g/mol. The van der Waals surface area contributed by atoms with Gasteiger partial charge in [0.1, 0.15) is 0 Å². The number of carbonyl (C=O) groups excluding carboxylic acids is 1. The molecule has 2 aliphatic rings. The predicted molar refractivity (Wildman–Crippen MR) is 114 cm³/mol. The van der Waals surface area contributed by atoms with Gasteiger partial charge in [-0.1, -0.05) is 19.3 Å². The summed E-state index contributed by atoms with van der Waals surface area (Å²) in [6, 6.07) is 7.87. The van der Waals surface area contributed by atoms with E-state index in [4.69, 9.17) is 9.72 Å². The zero-order valence-electron chi connectivity index (χ0n) is 17.0. The van der Waals surface area contributed by atoms with Gasteiger partial charge in [-0.05, 0) is 37.1 Å². The second-order valence-corrected chi connectivity index (χ2v) is 7.96. The van der Waals surface area contributed by atoms with Crippen LogP contribution in [0.1, 0.15) is 48.5 Å². The Morgan fingerprint density at radius 3 is 2.57 bits per heavy atom. The third-order valence-corrected chi connectivity index (χ3v) is 5.94. The number of hydrogen-bond donors (Lipinski definition) is 1. The van der Waals surface area contributed by atoms with Crippen LogP contribution in [-0.2, 0) is 4.74 Å². The smallest absolute Gasteiger partial charge is 0.254 e. The number of rotatable bonds is 4. The summed E-state index contributed by atoms with van der Waals surface area (Å²) < 4.78 is 7.38. The Morgan fingerprint density at radius 2 is 1.80 bits per heavy atom. The lowest BCUT2D eigenvalue weighted by Crippen LogP contribution is -2.40. The highest BCUT2D eigenvalue weighted by atomic mass is 16.5. The van der Waals surface area contributed by atoms with Crippen LogP contribution >= 0.6 is 0 Å². The SMILES string of the molecule is O=C(c1ccc(Nc2ncc3cnn(C4CCCCC4)c3n2)cc1)N1CCOCC1. The molecule has 8 nitrogen and oxygen atoms in total. The fourth-order valence-electron chi connectivity index (χ4n) is 4.26. The Kier molecular flexibility index (Phi) is 5.31. The van der Waals surface area contributed by atoms with Crippen LogP contribution in [0.15, 0.2) is 36.7 Å². The molecular formula is C22H26N6O2. The highest BCUT2D eigenvalue weighted by molar-refractivity contribution is 5.94. The van der Waals surface area contributed by atoms with Gasteiger partial charge < -0.3 is 15.0 Å². The first kappa shape index (κ1) is 19.0. The minimum absolute atomic E-state index is 0.0407. The van der Waals surface area contributed by atoms with E-state index in [0.717, 1.165) is 29.6 Å². The normalized spacial score (nSPS) is 17.9. The van der Waals surface area contributed by atoms with Crippen LogP contribution in [0.25, 0.3) is 11.0 Å². The molecule has 1 N–H and O–H groups in total. The molecule has 30 heavy (non-hydrogen) atoms. The van der Waals surface area contributed by atoms with Gasteiger partial charge in [0.25, 0.3) is 5.91 Å². The lowest BCUT2D eigenvalue weighted by atomic mass is 9.96. The number of carbonyl (C=O) groups is 1. The van der Waals surface area contributed by atoms with Crippen LogP contribution in [0.4, 0.5) is 11.6 Å². The van der Waals surface area contributed by atoms with E-state index < -0.39 is 0 Å². The first-order valence-electron chi connectivity index (χ1n) is 10.7. The van der Waals surface area contributed by atoms with Crippen molar-refractivity contribution in [2.75, 3.05) is 31.6 Å². The van der Waals surface area contributed by atoms with Crippen molar-refractivity contribution >= 4 is 28.6 Å². The van der Waals surface area contributed by atoms with Gasteiger partial charge in [-0.2, -0.15) is 10.1 Å². The molecule has 1 saturated heterocycles. The van der Waals surface area contributed by atoms with Crippen LogP contribution < -0.4 is 5.32 Å². The molecule has 0 radical (unpaired) electrons. The van der Waals surface area contributed by atoms with Crippen molar-refractivity contribution in [2.45, 2.75) is 38.1 Å². The third kappa shape index (κ3) is 3.87. The quantitative estimate of drug-likeness (QED) is 0.713. The first-order chi connectivity index (χ1) is 14.8. The molecule has 1 aliphatic heterocycles. The Balaban J connectivity index is 1.32. The highest BCUT2D eigenvalue weighted by Gasteiger charge is 2.20. The summed E-state index contributed by atoms with van der Waals surface area (Å²) in [4.78, 5) is 23.6. The van der Waals surface area contributed by atoms with Crippen molar-refractivity contribution in [3.63, 3.8) is 0 Å². The number of ether oxygens (including phenoxy) is 1. The molecule has 156 valence electrons. The minimum Gasteiger partial charge on any atom is -0.378 e. The van der Waals surface area contributed by atoms with Crippen LogP contribution in [0.2, 0.25) is 0 Å². The molecule has 0 spiro atoms. The van der Waals surface area contributed by atoms with E-state index in [1.165, 1.54) is 19.3 Å². The maximum Gasteiger partial charge on any atom is 0.254 e. The number of hydrogen-bond acceptors (Lipinski definition) is 6. The monoisotopic (exact) mass is 406 g/mol. The molecule has 1 saturated carbocycles. The van der Waals surface area contributed by atoms with Gasteiger partial charge in [0, 0.05) is 30.5 Å². The molecule has 2 aromatic heterocycles. The lowest BCUT2D eigenvalue weighted by Gasteiger charge is -2.26. The summed E-state index contributed by atoms with van der Waals surface area (Å²) in [5, 5.41) is 8.79. The maximum absolute atomic E-state index is 12.6. The van der Waals surface area contributed by atoms with Crippen molar-refractivity contribution in [1.82, 2.24) is 24.6 Å². The predicted octanol–water partition coefficient (Wildman–Crippen LogP) is 3.55. The molecule has 1 amide bonds. The largest absolute Gasteiger partial charge is 0.378 e. The van der Waals surface area contributed by atoms with Gasteiger partial charge in [0.15, 0.2) is 5.65 Å². The number of anilines is 2. The molecule has 8 heteroatoms. The van der Waals surface area contributed by atoms with Crippen molar-refractivity contribution in [3.8, 4) is 0 Å². The number of amides is 1. The van der Waals surface area contributed by atoms with Gasteiger partial charge in [0.05, 0.1) is 30.8 Å². The van der Waals surface area contributed by atoms with Gasteiger partial charge in [-0.15, -0.1) is 0 Å². The molecule has 0 bridgehead atoms. The van der Waals surface area contributed by atoms with Gasteiger partial charge in [0.2, 0.25) is 5.95 Å². The van der Waals surface area contributed by atoms with E-state index >= 15 is 0 Å². The fraction of sp³-hybridized carbons (Fsp3) is 0.455. The molecule has 2 fully saturated rings. The first-order valence-corrected chi connectivity index (χ1v) is 10.7. The molecule has 5 rings (SSSR count). The Bertz CT molecular complexity index is 1020. The summed E-state index contributed by atoms with van der Waals surface area (Å²) in [5.41, 5.74) is 2.39. The number of fused-ring (bicyclic) bond motifs is 1.